The third-order valence-electron chi connectivity index (χ3n) is 3.30. The molecule has 0 radical (unpaired) electrons. The first kappa shape index (κ1) is 20.2. The van der Waals surface area contributed by atoms with Crippen molar-refractivity contribution in [3.8, 4) is 5.75 Å². The number of rotatable bonds is 10. The lowest BCUT2D eigenvalue weighted by Gasteiger charge is -2.08. The van der Waals surface area contributed by atoms with E-state index in [1.807, 2.05) is 0 Å². The summed E-state index contributed by atoms with van der Waals surface area (Å²) in [6.45, 7) is 4.68. The summed E-state index contributed by atoms with van der Waals surface area (Å²) in [7, 11) is -3.75. The van der Waals surface area contributed by atoms with E-state index in [1.165, 1.54) is 12.1 Å². The molecule has 0 atom stereocenters. The number of esters is 1. The monoisotopic (exact) mass is 398 g/mol. The van der Waals surface area contributed by atoms with E-state index in [4.69, 9.17) is 9.47 Å². The van der Waals surface area contributed by atoms with Crippen LogP contribution in [0, 0.1) is 0 Å². The Labute approximate surface area is 157 Å². The lowest BCUT2D eigenvalue weighted by molar-refractivity contribution is -0.142. The van der Waals surface area contributed by atoms with Gasteiger partial charge in [0.1, 0.15) is 5.75 Å². The first-order chi connectivity index (χ1) is 12.4. The van der Waals surface area contributed by atoms with Gasteiger partial charge in [-0.15, -0.1) is 11.3 Å². The number of anilines is 1. The summed E-state index contributed by atoms with van der Waals surface area (Å²) in [5.74, 6) is 0.231. The molecule has 142 valence electrons. The predicted octanol–water partition coefficient (Wildman–Crippen LogP) is 3.23. The first-order valence-corrected chi connectivity index (χ1v) is 10.7. The Kier molecular flexibility index (Phi) is 7.40. The fraction of sp³-hybridized carbons (Fsp3) is 0.412. The summed E-state index contributed by atoms with van der Waals surface area (Å²) in [5, 5.41) is 1.83. The number of ether oxygens (including phenoxy) is 2. The largest absolute Gasteiger partial charge is 0.494 e. The van der Waals surface area contributed by atoms with Gasteiger partial charge in [0.05, 0.1) is 30.2 Å². The summed E-state index contributed by atoms with van der Waals surface area (Å²) < 4.78 is 37.6. The number of thiazole rings is 1. The van der Waals surface area contributed by atoms with E-state index >= 15 is 0 Å². The molecule has 1 N–H and O–H groups in total. The molecule has 0 amide bonds. The molecule has 2 rings (SSSR count). The van der Waals surface area contributed by atoms with E-state index in [0.717, 1.165) is 24.2 Å². The summed E-state index contributed by atoms with van der Waals surface area (Å²) in [5.41, 5.74) is 0.464. The fourth-order valence-corrected chi connectivity index (χ4v) is 3.98. The number of hydrogen-bond donors (Lipinski definition) is 1. The number of unbranched alkanes of at least 4 members (excludes halogenated alkanes) is 1. The maximum Gasteiger partial charge on any atom is 0.311 e. The molecule has 0 saturated heterocycles. The molecule has 7 nitrogen and oxygen atoms in total. The Morgan fingerprint density at radius 1 is 1.23 bits per heavy atom. The lowest BCUT2D eigenvalue weighted by atomic mass is 10.3. The zero-order valence-corrected chi connectivity index (χ0v) is 16.4. The van der Waals surface area contributed by atoms with Crippen molar-refractivity contribution in [1.29, 1.82) is 0 Å². The number of nitrogens with zero attached hydrogens (tertiary/aromatic N) is 1. The van der Waals surface area contributed by atoms with E-state index in [9.17, 15) is 13.2 Å². The Morgan fingerprint density at radius 3 is 2.62 bits per heavy atom. The van der Waals surface area contributed by atoms with Gasteiger partial charge in [-0.05, 0) is 37.6 Å². The Morgan fingerprint density at radius 2 is 1.96 bits per heavy atom. The van der Waals surface area contributed by atoms with Crippen molar-refractivity contribution >= 4 is 32.5 Å². The van der Waals surface area contributed by atoms with Crippen LogP contribution in [0.15, 0.2) is 34.5 Å². The van der Waals surface area contributed by atoms with Gasteiger partial charge in [-0.3, -0.25) is 9.52 Å². The number of sulfonamides is 1. The molecule has 0 aliphatic carbocycles. The van der Waals surface area contributed by atoms with E-state index in [0.29, 0.717) is 24.7 Å². The highest BCUT2D eigenvalue weighted by Crippen LogP contribution is 2.22. The third kappa shape index (κ3) is 5.99. The average molecular weight is 399 g/mol. The zero-order chi connectivity index (χ0) is 19.0. The van der Waals surface area contributed by atoms with E-state index in [1.54, 1.807) is 24.4 Å². The fourth-order valence-electron chi connectivity index (χ4n) is 2.02. The van der Waals surface area contributed by atoms with Crippen LogP contribution in [-0.4, -0.2) is 32.6 Å². The van der Waals surface area contributed by atoms with Crippen LogP contribution >= 0.6 is 11.3 Å². The molecule has 0 aliphatic heterocycles. The Hall–Kier alpha value is -2.13. The van der Waals surface area contributed by atoms with Crippen molar-refractivity contribution in [2.75, 3.05) is 17.9 Å². The normalized spacial score (nSPS) is 11.2. The van der Waals surface area contributed by atoms with Gasteiger partial charge in [-0.25, -0.2) is 13.4 Å². The van der Waals surface area contributed by atoms with Gasteiger partial charge < -0.3 is 9.47 Å². The predicted molar refractivity (Wildman–Crippen MR) is 100 cm³/mol. The summed E-state index contributed by atoms with van der Waals surface area (Å²) >= 11 is 1.11. The molecular weight excluding hydrogens is 376 g/mol. The maximum atomic E-state index is 12.4. The topological polar surface area (TPSA) is 94.6 Å². The van der Waals surface area contributed by atoms with Crippen molar-refractivity contribution in [1.82, 2.24) is 4.98 Å². The minimum absolute atomic E-state index is 0.00979. The highest BCUT2D eigenvalue weighted by Gasteiger charge is 2.17. The molecule has 0 aliphatic rings. The van der Waals surface area contributed by atoms with Gasteiger partial charge in [-0.1, -0.05) is 13.3 Å². The number of hydrogen-bond acceptors (Lipinski definition) is 7. The summed E-state index contributed by atoms with van der Waals surface area (Å²) in [6.07, 6.45) is 1.98. The Bertz CT molecular complexity index is 816. The van der Waals surface area contributed by atoms with E-state index in [2.05, 4.69) is 16.6 Å². The Balaban J connectivity index is 2.00. The number of carbonyl (C=O) groups excluding carboxylic acids is 1. The number of aromatic nitrogens is 1. The molecule has 0 fully saturated rings. The van der Waals surface area contributed by atoms with E-state index < -0.39 is 16.0 Å². The number of nitrogens with one attached hydrogen (secondary N) is 1. The van der Waals surface area contributed by atoms with Crippen molar-refractivity contribution in [3.05, 3.63) is 35.3 Å². The molecule has 2 aromatic rings. The zero-order valence-electron chi connectivity index (χ0n) is 14.7. The van der Waals surface area contributed by atoms with Crippen molar-refractivity contribution in [3.63, 3.8) is 0 Å². The van der Waals surface area contributed by atoms with Crippen LogP contribution in [0.25, 0.3) is 0 Å². The van der Waals surface area contributed by atoms with Crippen LogP contribution in [-0.2, 0) is 26.0 Å². The molecule has 0 unspecified atom stereocenters. The molecular formula is C17H22N2O5S2. The summed E-state index contributed by atoms with van der Waals surface area (Å²) in [6, 6.07) is 6.21. The number of carbonyl (C=O) groups is 1. The molecule has 0 saturated carbocycles. The maximum absolute atomic E-state index is 12.4. The molecule has 1 aromatic heterocycles. The summed E-state index contributed by atoms with van der Waals surface area (Å²) in [4.78, 5) is 15.7. The quantitative estimate of drug-likeness (QED) is 0.488. The van der Waals surface area contributed by atoms with Gasteiger partial charge in [0.2, 0.25) is 0 Å². The van der Waals surface area contributed by atoms with Crippen molar-refractivity contribution < 1.29 is 22.7 Å². The highest BCUT2D eigenvalue weighted by molar-refractivity contribution is 7.93. The average Bonchev–Trinajstić information content (AvgIpc) is 3.02. The second-order valence-electron chi connectivity index (χ2n) is 5.40. The van der Waals surface area contributed by atoms with Gasteiger partial charge in [0.15, 0.2) is 5.13 Å². The van der Waals surface area contributed by atoms with Crippen LogP contribution in [0.1, 0.15) is 32.4 Å². The highest BCUT2D eigenvalue weighted by atomic mass is 32.2. The molecule has 1 heterocycles. The molecule has 9 heteroatoms. The molecule has 26 heavy (non-hydrogen) atoms. The van der Waals surface area contributed by atoms with Gasteiger partial charge >= 0.3 is 5.97 Å². The minimum Gasteiger partial charge on any atom is -0.494 e. The smallest absolute Gasteiger partial charge is 0.311 e. The second-order valence-corrected chi connectivity index (χ2v) is 7.95. The van der Waals surface area contributed by atoms with Crippen LogP contribution in [0.5, 0.6) is 5.75 Å². The number of benzene rings is 1. The standard InChI is InChI=1S/C17H22N2O5S2/c1-3-5-10-24-14-6-8-15(9-7-14)26(21,22)19-17-18-13(12-25-17)11-16(20)23-4-2/h6-9,12H,3-5,10-11H2,1-2H3,(H,18,19). The van der Waals surface area contributed by atoms with Gasteiger partial charge in [-0.2, -0.15) is 0 Å². The minimum atomic E-state index is -3.75. The third-order valence-corrected chi connectivity index (χ3v) is 5.60. The van der Waals surface area contributed by atoms with Crippen LogP contribution in [0.3, 0.4) is 0 Å². The van der Waals surface area contributed by atoms with Crippen molar-refractivity contribution in [2.24, 2.45) is 0 Å². The van der Waals surface area contributed by atoms with Crippen LogP contribution in [0.2, 0.25) is 0 Å². The van der Waals surface area contributed by atoms with Crippen LogP contribution < -0.4 is 9.46 Å². The van der Waals surface area contributed by atoms with Crippen molar-refractivity contribution in [2.45, 2.75) is 38.0 Å². The molecule has 0 spiro atoms. The lowest BCUT2D eigenvalue weighted by Crippen LogP contribution is -2.13. The van der Waals surface area contributed by atoms with Crippen LogP contribution in [0.4, 0.5) is 5.13 Å². The van der Waals surface area contributed by atoms with Gasteiger partial charge in [0, 0.05) is 5.38 Å². The SMILES string of the molecule is CCCCOc1ccc(S(=O)(=O)Nc2nc(CC(=O)OCC)cs2)cc1. The second kappa shape index (κ2) is 9.54. The molecule has 0 bridgehead atoms. The van der Waals surface area contributed by atoms with Gasteiger partial charge in [0.25, 0.3) is 10.0 Å². The molecule has 1 aromatic carbocycles. The van der Waals surface area contributed by atoms with E-state index in [-0.39, 0.29) is 16.4 Å². The first-order valence-electron chi connectivity index (χ1n) is 8.30.